The van der Waals surface area contributed by atoms with Crippen molar-refractivity contribution in [3.63, 3.8) is 0 Å². The second-order valence-electron chi connectivity index (χ2n) is 4.45. The van der Waals surface area contributed by atoms with Gasteiger partial charge in [0.2, 0.25) is 0 Å². The van der Waals surface area contributed by atoms with Gasteiger partial charge in [0, 0.05) is 11.4 Å². The van der Waals surface area contributed by atoms with Gasteiger partial charge in [-0.05, 0) is 30.4 Å². The minimum absolute atomic E-state index is 0.127. The summed E-state index contributed by atoms with van der Waals surface area (Å²) >= 11 is 0. The third-order valence-corrected chi connectivity index (χ3v) is 2.87. The molecule has 0 amide bonds. The lowest BCUT2D eigenvalue weighted by Gasteiger charge is -2.15. The van der Waals surface area contributed by atoms with Gasteiger partial charge in [0.05, 0.1) is 0 Å². The highest BCUT2D eigenvalue weighted by molar-refractivity contribution is 5.86. The Labute approximate surface area is 101 Å². The molecule has 0 aliphatic heterocycles. The number of nitrogens with two attached hydrogens (primary N) is 1. The third kappa shape index (κ3) is 2.37. The van der Waals surface area contributed by atoms with Crippen LogP contribution in [-0.2, 0) is 0 Å². The molecular weight excluding hydrogens is 213 g/mol. The normalized spacial score (nSPS) is 12.6. The van der Waals surface area contributed by atoms with Crippen LogP contribution < -0.4 is 5.73 Å². The van der Waals surface area contributed by atoms with Gasteiger partial charge in [-0.15, -0.1) is 6.58 Å². The summed E-state index contributed by atoms with van der Waals surface area (Å²) in [5.74, 6) is -0.202. The molecule has 0 spiro atoms. The van der Waals surface area contributed by atoms with Crippen LogP contribution in [0.3, 0.4) is 0 Å². The molecule has 2 rings (SSSR count). The molecule has 88 valence electrons. The van der Waals surface area contributed by atoms with Crippen molar-refractivity contribution in [3.8, 4) is 0 Å². The second-order valence-corrected chi connectivity index (χ2v) is 4.45. The van der Waals surface area contributed by atoms with Crippen LogP contribution in [0.2, 0.25) is 0 Å². The first-order chi connectivity index (χ1) is 8.09. The number of fused-ring (bicyclic) bond motifs is 1. The molecular formula is C15H16FN. The van der Waals surface area contributed by atoms with E-state index in [0.717, 1.165) is 22.9 Å². The lowest BCUT2D eigenvalue weighted by molar-refractivity contribution is 0.637. The average molecular weight is 229 g/mol. The zero-order valence-electron chi connectivity index (χ0n) is 9.91. The molecule has 0 fully saturated rings. The Bertz CT molecular complexity index is 560. The van der Waals surface area contributed by atoms with E-state index in [9.17, 15) is 4.39 Å². The Balaban J connectivity index is 2.55. The van der Waals surface area contributed by atoms with E-state index in [-0.39, 0.29) is 11.9 Å². The van der Waals surface area contributed by atoms with Crippen molar-refractivity contribution >= 4 is 10.8 Å². The maximum Gasteiger partial charge on any atom is 0.131 e. The Kier molecular flexibility index (Phi) is 3.25. The average Bonchev–Trinajstić information content (AvgIpc) is 2.29. The largest absolute Gasteiger partial charge is 0.324 e. The Morgan fingerprint density at radius 3 is 2.53 bits per heavy atom. The van der Waals surface area contributed by atoms with Gasteiger partial charge in [-0.3, -0.25) is 0 Å². The molecule has 1 unspecified atom stereocenters. The van der Waals surface area contributed by atoms with Gasteiger partial charge in [0.15, 0.2) is 0 Å². The molecule has 0 saturated carbocycles. The second kappa shape index (κ2) is 4.68. The van der Waals surface area contributed by atoms with Crippen LogP contribution in [-0.4, -0.2) is 0 Å². The van der Waals surface area contributed by atoms with E-state index in [4.69, 9.17) is 5.73 Å². The maximum atomic E-state index is 13.6. The first-order valence-electron chi connectivity index (χ1n) is 5.66. The summed E-state index contributed by atoms with van der Waals surface area (Å²) in [5, 5.41) is 1.52. The first-order valence-corrected chi connectivity index (χ1v) is 5.66. The number of benzene rings is 2. The molecule has 0 aromatic heterocycles. The lowest BCUT2D eigenvalue weighted by Crippen LogP contribution is -2.11. The van der Waals surface area contributed by atoms with Gasteiger partial charge in [-0.1, -0.05) is 35.9 Å². The van der Waals surface area contributed by atoms with Crippen molar-refractivity contribution < 1.29 is 4.39 Å². The van der Waals surface area contributed by atoms with E-state index < -0.39 is 0 Å². The van der Waals surface area contributed by atoms with Crippen molar-refractivity contribution in [2.75, 3.05) is 0 Å². The molecule has 0 heterocycles. The van der Waals surface area contributed by atoms with Gasteiger partial charge in [-0.2, -0.15) is 0 Å². The van der Waals surface area contributed by atoms with Crippen LogP contribution >= 0.6 is 0 Å². The van der Waals surface area contributed by atoms with Crippen LogP contribution in [0.15, 0.2) is 48.6 Å². The standard InChI is InChI=1S/C15H16FN/c1-10(2)9-15(17)13-7-8-14(16)12-6-4-3-5-11(12)13/h3-8,15H,1,9,17H2,2H3. The minimum Gasteiger partial charge on any atom is -0.324 e. The van der Waals surface area contributed by atoms with Gasteiger partial charge in [0.25, 0.3) is 0 Å². The van der Waals surface area contributed by atoms with Gasteiger partial charge in [-0.25, -0.2) is 4.39 Å². The maximum absolute atomic E-state index is 13.6. The summed E-state index contributed by atoms with van der Waals surface area (Å²) in [6, 6.07) is 10.5. The highest BCUT2D eigenvalue weighted by atomic mass is 19.1. The molecule has 1 atom stereocenters. The fraction of sp³-hybridized carbons (Fsp3) is 0.200. The minimum atomic E-state index is -0.202. The van der Waals surface area contributed by atoms with E-state index in [1.165, 1.54) is 6.07 Å². The first kappa shape index (κ1) is 11.8. The zero-order chi connectivity index (χ0) is 12.4. The molecule has 1 nitrogen and oxygen atoms in total. The van der Waals surface area contributed by atoms with Gasteiger partial charge >= 0.3 is 0 Å². The predicted molar refractivity (Wildman–Crippen MR) is 70.3 cm³/mol. The fourth-order valence-electron chi connectivity index (χ4n) is 2.09. The van der Waals surface area contributed by atoms with Crippen LogP contribution in [0, 0.1) is 5.82 Å². The van der Waals surface area contributed by atoms with Crippen LogP contribution in [0.4, 0.5) is 4.39 Å². The molecule has 0 radical (unpaired) electrons. The number of hydrogen-bond acceptors (Lipinski definition) is 1. The molecule has 2 N–H and O–H groups in total. The smallest absolute Gasteiger partial charge is 0.131 e. The van der Waals surface area contributed by atoms with E-state index in [2.05, 4.69) is 6.58 Å². The molecule has 0 aliphatic rings. The van der Waals surface area contributed by atoms with Crippen molar-refractivity contribution in [2.45, 2.75) is 19.4 Å². The molecule has 17 heavy (non-hydrogen) atoms. The van der Waals surface area contributed by atoms with Crippen LogP contribution in [0.5, 0.6) is 0 Å². The van der Waals surface area contributed by atoms with Crippen LogP contribution in [0.1, 0.15) is 24.9 Å². The van der Waals surface area contributed by atoms with Crippen molar-refractivity contribution in [2.24, 2.45) is 5.73 Å². The number of hydrogen-bond donors (Lipinski definition) is 1. The number of halogens is 1. The van der Waals surface area contributed by atoms with Crippen molar-refractivity contribution in [3.05, 3.63) is 59.9 Å². The summed E-state index contributed by atoms with van der Waals surface area (Å²) < 4.78 is 13.6. The summed E-state index contributed by atoms with van der Waals surface area (Å²) in [7, 11) is 0. The monoisotopic (exact) mass is 229 g/mol. The lowest BCUT2D eigenvalue weighted by atomic mass is 9.95. The zero-order valence-corrected chi connectivity index (χ0v) is 9.91. The summed E-state index contributed by atoms with van der Waals surface area (Å²) in [6.45, 7) is 5.81. The molecule has 2 aromatic carbocycles. The van der Waals surface area contributed by atoms with E-state index in [0.29, 0.717) is 5.39 Å². The van der Waals surface area contributed by atoms with Crippen molar-refractivity contribution in [1.82, 2.24) is 0 Å². The molecule has 2 aromatic rings. The summed E-state index contributed by atoms with van der Waals surface area (Å²) in [6.07, 6.45) is 0.718. The topological polar surface area (TPSA) is 26.0 Å². The SMILES string of the molecule is C=C(C)CC(N)c1ccc(F)c2ccccc12. The Morgan fingerprint density at radius 1 is 1.24 bits per heavy atom. The van der Waals surface area contributed by atoms with Gasteiger partial charge < -0.3 is 5.73 Å². The molecule has 0 aliphatic carbocycles. The molecule has 0 bridgehead atoms. The predicted octanol–water partition coefficient (Wildman–Crippen LogP) is 3.94. The quantitative estimate of drug-likeness (QED) is 0.792. The Hall–Kier alpha value is -1.67. The van der Waals surface area contributed by atoms with E-state index >= 15 is 0 Å². The van der Waals surface area contributed by atoms with Gasteiger partial charge in [0.1, 0.15) is 5.82 Å². The van der Waals surface area contributed by atoms with Crippen LogP contribution in [0.25, 0.3) is 10.8 Å². The fourth-order valence-corrected chi connectivity index (χ4v) is 2.09. The summed E-state index contributed by atoms with van der Waals surface area (Å²) in [5.41, 5.74) is 8.14. The summed E-state index contributed by atoms with van der Waals surface area (Å²) in [4.78, 5) is 0. The highest BCUT2D eigenvalue weighted by Gasteiger charge is 2.11. The number of rotatable bonds is 3. The van der Waals surface area contributed by atoms with Crippen molar-refractivity contribution in [1.29, 1.82) is 0 Å². The third-order valence-electron chi connectivity index (χ3n) is 2.87. The molecule has 2 heteroatoms. The molecule has 0 saturated heterocycles. The highest BCUT2D eigenvalue weighted by Crippen LogP contribution is 2.28. The Morgan fingerprint density at radius 2 is 1.88 bits per heavy atom. The van der Waals surface area contributed by atoms with E-state index in [1.807, 2.05) is 25.1 Å². The van der Waals surface area contributed by atoms with E-state index in [1.54, 1.807) is 12.1 Å².